The van der Waals surface area contributed by atoms with Crippen molar-refractivity contribution in [3.05, 3.63) is 54.1 Å². The Balaban J connectivity index is 2.49. The molecule has 0 fully saturated rings. The molecule has 0 radical (unpaired) electrons. The molecule has 0 aliphatic heterocycles. The zero-order chi connectivity index (χ0) is 26.6. The summed E-state index contributed by atoms with van der Waals surface area (Å²) in [5.41, 5.74) is 1.80. The number of carboxylic acid groups (broad SMARTS) is 1. The predicted molar refractivity (Wildman–Crippen MR) is 143 cm³/mol. The largest absolute Gasteiger partial charge is 0.513 e. The van der Waals surface area contributed by atoms with Gasteiger partial charge in [-0.1, -0.05) is 95.3 Å². The summed E-state index contributed by atoms with van der Waals surface area (Å²) < 4.78 is 4.69. The number of nitrogens with zero attached hydrogens (tertiary/aromatic N) is 1. The van der Waals surface area contributed by atoms with E-state index in [1.165, 1.54) is 11.3 Å². The Morgan fingerprint density at radius 2 is 1.61 bits per heavy atom. The molecule has 36 heavy (non-hydrogen) atoms. The third kappa shape index (κ3) is 7.33. The van der Waals surface area contributed by atoms with E-state index in [1.54, 1.807) is 7.05 Å². The normalized spacial score (nSPS) is 12.4. The number of hydrogen-bond donors (Lipinski definition) is 2. The lowest BCUT2D eigenvalue weighted by atomic mass is 9.73. The van der Waals surface area contributed by atoms with Gasteiger partial charge in [0, 0.05) is 13.6 Å². The van der Waals surface area contributed by atoms with Gasteiger partial charge in [0.05, 0.1) is 11.1 Å². The van der Waals surface area contributed by atoms with Crippen molar-refractivity contribution in [3.63, 3.8) is 0 Å². The molecule has 7 nitrogen and oxygen atoms in total. The topological polar surface area (TPSA) is 95.9 Å². The standard InChI is InChI=1S/C29H40N2O5/c1-5-8-9-10-14-20-30-27(33)31(4)25-21-23(22-15-12-11-13-16-22)17-18-24(25)29(7-3,19-6-2)26(32)36-28(34)35/h11-13,15-18,21H,5-10,14,19-20H2,1-4H3,(H,30,33)(H,34,35). The predicted octanol–water partition coefficient (Wildman–Crippen LogP) is 7.14. The lowest BCUT2D eigenvalue weighted by molar-refractivity contribution is -0.146. The molecule has 0 aromatic heterocycles. The number of rotatable bonds is 13. The molecule has 0 spiro atoms. The van der Waals surface area contributed by atoms with E-state index in [2.05, 4.69) is 12.2 Å². The summed E-state index contributed by atoms with van der Waals surface area (Å²) in [6.07, 6.45) is 5.18. The van der Waals surface area contributed by atoms with Gasteiger partial charge in [0.25, 0.3) is 0 Å². The fourth-order valence-corrected chi connectivity index (χ4v) is 4.64. The van der Waals surface area contributed by atoms with E-state index in [0.717, 1.165) is 36.8 Å². The van der Waals surface area contributed by atoms with Crippen LogP contribution in [0.4, 0.5) is 15.3 Å². The van der Waals surface area contributed by atoms with E-state index in [-0.39, 0.29) is 6.03 Å². The van der Waals surface area contributed by atoms with E-state index in [0.29, 0.717) is 37.1 Å². The van der Waals surface area contributed by atoms with Gasteiger partial charge in [-0.05, 0) is 42.0 Å². The fraction of sp³-hybridized carbons (Fsp3) is 0.483. The number of esters is 1. The molecule has 1 unspecified atom stereocenters. The van der Waals surface area contributed by atoms with Gasteiger partial charge in [0.2, 0.25) is 0 Å². The summed E-state index contributed by atoms with van der Waals surface area (Å²) in [4.78, 5) is 39.1. The first-order chi connectivity index (χ1) is 17.3. The van der Waals surface area contributed by atoms with Crippen molar-refractivity contribution in [3.8, 4) is 11.1 Å². The van der Waals surface area contributed by atoms with Crippen molar-refractivity contribution in [1.29, 1.82) is 0 Å². The summed E-state index contributed by atoms with van der Waals surface area (Å²) in [6.45, 7) is 6.50. The van der Waals surface area contributed by atoms with Gasteiger partial charge in [-0.2, -0.15) is 0 Å². The van der Waals surface area contributed by atoms with Crippen molar-refractivity contribution in [2.45, 2.75) is 77.6 Å². The van der Waals surface area contributed by atoms with Crippen LogP contribution in [0, 0.1) is 0 Å². The van der Waals surface area contributed by atoms with Crippen LogP contribution in [-0.2, 0) is 14.9 Å². The first kappa shape index (κ1) is 28.9. The van der Waals surface area contributed by atoms with Crippen LogP contribution in [0.2, 0.25) is 0 Å². The molecule has 2 aromatic carbocycles. The molecule has 0 heterocycles. The first-order valence-corrected chi connectivity index (χ1v) is 13.0. The Bertz CT molecular complexity index is 1010. The zero-order valence-corrected chi connectivity index (χ0v) is 22.0. The van der Waals surface area contributed by atoms with Gasteiger partial charge in [0.1, 0.15) is 0 Å². The number of ether oxygens (including phenoxy) is 1. The van der Waals surface area contributed by atoms with Crippen LogP contribution in [-0.4, -0.2) is 36.9 Å². The maximum Gasteiger partial charge on any atom is 0.513 e. The molecule has 196 valence electrons. The van der Waals surface area contributed by atoms with Crippen molar-refractivity contribution in [2.75, 3.05) is 18.5 Å². The minimum atomic E-state index is -1.63. The lowest BCUT2D eigenvalue weighted by Gasteiger charge is -2.34. The molecule has 0 saturated heterocycles. The van der Waals surface area contributed by atoms with Crippen LogP contribution in [0.3, 0.4) is 0 Å². The van der Waals surface area contributed by atoms with E-state index in [4.69, 9.17) is 4.74 Å². The van der Waals surface area contributed by atoms with E-state index in [1.807, 2.05) is 62.4 Å². The Morgan fingerprint density at radius 1 is 0.917 bits per heavy atom. The number of nitrogens with one attached hydrogen (secondary N) is 1. The molecule has 1 atom stereocenters. The first-order valence-electron chi connectivity index (χ1n) is 13.0. The third-order valence-corrected chi connectivity index (χ3v) is 6.69. The quantitative estimate of drug-likeness (QED) is 0.175. The van der Waals surface area contributed by atoms with Crippen molar-refractivity contribution >= 4 is 23.8 Å². The number of benzene rings is 2. The average Bonchev–Trinajstić information content (AvgIpc) is 2.88. The van der Waals surface area contributed by atoms with Crippen LogP contribution in [0.1, 0.15) is 77.7 Å². The van der Waals surface area contributed by atoms with Gasteiger partial charge < -0.3 is 15.2 Å². The highest BCUT2D eigenvalue weighted by molar-refractivity contribution is 5.97. The second-order valence-electron chi connectivity index (χ2n) is 9.14. The molecular formula is C29H40N2O5. The van der Waals surface area contributed by atoms with Gasteiger partial charge >= 0.3 is 18.2 Å². The summed E-state index contributed by atoms with van der Waals surface area (Å²) in [6, 6.07) is 15.1. The highest BCUT2D eigenvalue weighted by Crippen LogP contribution is 2.42. The van der Waals surface area contributed by atoms with Crippen LogP contribution in [0.25, 0.3) is 11.1 Å². The highest BCUT2D eigenvalue weighted by Gasteiger charge is 2.43. The number of urea groups is 1. The zero-order valence-electron chi connectivity index (χ0n) is 22.0. The molecule has 0 aliphatic carbocycles. The fourth-order valence-electron chi connectivity index (χ4n) is 4.64. The van der Waals surface area contributed by atoms with E-state index >= 15 is 0 Å². The second-order valence-corrected chi connectivity index (χ2v) is 9.14. The molecule has 2 N–H and O–H groups in total. The summed E-state index contributed by atoms with van der Waals surface area (Å²) in [7, 11) is 1.68. The van der Waals surface area contributed by atoms with Crippen LogP contribution < -0.4 is 10.2 Å². The maximum absolute atomic E-state index is 13.2. The van der Waals surface area contributed by atoms with Crippen molar-refractivity contribution in [2.24, 2.45) is 0 Å². The lowest BCUT2D eigenvalue weighted by Crippen LogP contribution is -2.42. The summed E-state index contributed by atoms with van der Waals surface area (Å²) >= 11 is 0. The minimum Gasteiger partial charge on any atom is -0.449 e. The number of carbonyl (C=O) groups excluding carboxylic acids is 2. The Kier molecular flexibility index (Phi) is 11.4. The SMILES string of the molecule is CCCCCCCNC(=O)N(C)c1cc(-c2ccccc2)ccc1C(CC)(CCC)C(=O)OC(=O)O. The smallest absolute Gasteiger partial charge is 0.449 e. The molecule has 0 bridgehead atoms. The third-order valence-electron chi connectivity index (χ3n) is 6.69. The molecular weight excluding hydrogens is 456 g/mol. The number of carbonyl (C=O) groups is 3. The van der Waals surface area contributed by atoms with Crippen molar-refractivity contribution in [1.82, 2.24) is 5.32 Å². The molecule has 0 saturated carbocycles. The highest BCUT2D eigenvalue weighted by atomic mass is 16.7. The molecule has 2 amide bonds. The Morgan fingerprint density at radius 3 is 2.22 bits per heavy atom. The van der Waals surface area contributed by atoms with Gasteiger partial charge in [-0.25, -0.2) is 9.59 Å². The van der Waals surface area contributed by atoms with Gasteiger partial charge in [-0.15, -0.1) is 0 Å². The molecule has 7 heteroatoms. The van der Waals surface area contributed by atoms with E-state index < -0.39 is 17.5 Å². The van der Waals surface area contributed by atoms with E-state index in [9.17, 15) is 19.5 Å². The number of amides is 2. The number of unbranched alkanes of at least 4 members (excludes halogenated alkanes) is 4. The van der Waals surface area contributed by atoms with Crippen LogP contribution in [0.5, 0.6) is 0 Å². The number of hydrogen-bond acceptors (Lipinski definition) is 4. The van der Waals surface area contributed by atoms with Gasteiger partial charge in [-0.3, -0.25) is 9.69 Å². The van der Waals surface area contributed by atoms with Gasteiger partial charge in [0.15, 0.2) is 0 Å². The summed E-state index contributed by atoms with van der Waals surface area (Å²) in [5.74, 6) is -0.821. The van der Waals surface area contributed by atoms with Crippen LogP contribution in [0.15, 0.2) is 48.5 Å². The molecule has 2 rings (SSSR count). The molecule has 2 aromatic rings. The second kappa shape index (κ2) is 14.3. The average molecular weight is 497 g/mol. The van der Waals surface area contributed by atoms with Crippen molar-refractivity contribution < 1.29 is 24.2 Å². The van der Waals surface area contributed by atoms with Crippen LogP contribution >= 0.6 is 0 Å². The Labute approximate surface area is 214 Å². The molecule has 0 aliphatic rings. The number of anilines is 1. The minimum absolute atomic E-state index is 0.273. The monoisotopic (exact) mass is 496 g/mol. The summed E-state index contributed by atoms with van der Waals surface area (Å²) in [5, 5.41) is 12.2. The maximum atomic E-state index is 13.2. The Hall–Kier alpha value is -3.35.